The fraction of sp³-hybridized carbons (Fsp3) is 0.714. The van der Waals surface area contributed by atoms with Gasteiger partial charge in [0.2, 0.25) is 0 Å². The molecule has 1 fully saturated rings. The first-order valence-corrected chi connectivity index (χ1v) is 9.38. The van der Waals surface area contributed by atoms with E-state index in [4.69, 9.17) is 0 Å². The van der Waals surface area contributed by atoms with Gasteiger partial charge in [-0.25, -0.2) is 0 Å². The standard InChI is InChI=1S/C14H26Si/c1-3-5-11-15(12-6-4-2)13-9-7-8-10-14-15/h3-6H,7-14H2,1-2H3/b5-3+,6-4+. The van der Waals surface area contributed by atoms with Crippen LogP contribution < -0.4 is 0 Å². The zero-order valence-corrected chi connectivity index (χ0v) is 11.5. The van der Waals surface area contributed by atoms with Gasteiger partial charge in [-0.15, -0.1) is 0 Å². The van der Waals surface area contributed by atoms with Crippen LogP contribution in [0.3, 0.4) is 0 Å². The summed E-state index contributed by atoms with van der Waals surface area (Å²) >= 11 is 0. The number of rotatable bonds is 4. The Hall–Kier alpha value is -0.303. The van der Waals surface area contributed by atoms with Crippen LogP contribution in [-0.4, -0.2) is 8.07 Å². The minimum Gasteiger partial charge on any atom is -0.0919 e. The molecular formula is C14H26Si. The fourth-order valence-electron chi connectivity index (χ4n) is 2.71. The molecule has 0 nitrogen and oxygen atoms in total. The van der Waals surface area contributed by atoms with Gasteiger partial charge in [-0.05, 0) is 25.9 Å². The molecule has 0 N–H and O–H groups in total. The largest absolute Gasteiger partial charge is 0.0919 e. The van der Waals surface area contributed by atoms with Crippen molar-refractivity contribution in [3.63, 3.8) is 0 Å². The molecule has 0 amide bonds. The van der Waals surface area contributed by atoms with Gasteiger partial charge in [0.25, 0.3) is 0 Å². The number of allylic oxidation sites excluding steroid dienone is 4. The van der Waals surface area contributed by atoms with E-state index in [9.17, 15) is 0 Å². The predicted molar refractivity (Wildman–Crippen MR) is 73.1 cm³/mol. The first-order valence-electron chi connectivity index (χ1n) is 6.55. The Morgan fingerprint density at radius 2 is 1.27 bits per heavy atom. The Morgan fingerprint density at radius 1 is 0.800 bits per heavy atom. The molecule has 15 heavy (non-hydrogen) atoms. The van der Waals surface area contributed by atoms with Crippen molar-refractivity contribution in [1.82, 2.24) is 0 Å². The summed E-state index contributed by atoms with van der Waals surface area (Å²) in [6.45, 7) is 4.32. The van der Waals surface area contributed by atoms with Gasteiger partial charge in [-0.3, -0.25) is 0 Å². The zero-order chi connectivity index (χ0) is 11.0. The molecule has 0 atom stereocenters. The molecule has 0 aromatic rings. The summed E-state index contributed by atoms with van der Waals surface area (Å²) in [6.07, 6.45) is 15.3. The van der Waals surface area contributed by atoms with E-state index >= 15 is 0 Å². The number of hydrogen-bond acceptors (Lipinski definition) is 0. The molecule has 0 aromatic carbocycles. The molecule has 0 unspecified atom stereocenters. The van der Waals surface area contributed by atoms with Gasteiger partial charge in [0, 0.05) is 0 Å². The summed E-state index contributed by atoms with van der Waals surface area (Å²) in [5.74, 6) is 0. The molecule has 0 saturated carbocycles. The van der Waals surface area contributed by atoms with Crippen molar-refractivity contribution in [3.05, 3.63) is 24.3 Å². The highest BCUT2D eigenvalue weighted by molar-refractivity contribution is 6.80. The topological polar surface area (TPSA) is 0 Å². The van der Waals surface area contributed by atoms with E-state index in [1.54, 1.807) is 12.1 Å². The molecule has 1 saturated heterocycles. The van der Waals surface area contributed by atoms with Gasteiger partial charge in [0.05, 0.1) is 8.07 Å². The Kier molecular flexibility index (Phi) is 6.00. The van der Waals surface area contributed by atoms with Crippen LogP contribution in [0.1, 0.15) is 39.5 Å². The van der Waals surface area contributed by atoms with E-state index in [0.717, 1.165) is 0 Å². The van der Waals surface area contributed by atoms with Crippen molar-refractivity contribution in [3.8, 4) is 0 Å². The first-order chi connectivity index (χ1) is 7.33. The van der Waals surface area contributed by atoms with E-state index in [2.05, 4.69) is 38.2 Å². The predicted octanol–water partition coefficient (Wildman–Crippen LogP) is 5.16. The second-order valence-electron chi connectivity index (χ2n) is 4.96. The van der Waals surface area contributed by atoms with E-state index in [-0.39, 0.29) is 0 Å². The third kappa shape index (κ3) is 4.37. The van der Waals surface area contributed by atoms with Crippen molar-refractivity contribution in [2.45, 2.75) is 63.7 Å². The lowest BCUT2D eigenvalue weighted by atomic mass is 10.2. The molecule has 0 aliphatic carbocycles. The molecule has 0 bridgehead atoms. The molecule has 1 heteroatoms. The van der Waals surface area contributed by atoms with Crippen molar-refractivity contribution in [2.75, 3.05) is 0 Å². The summed E-state index contributed by atoms with van der Waals surface area (Å²) in [5, 5.41) is 0. The quantitative estimate of drug-likeness (QED) is 0.455. The van der Waals surface area contributed by atoms with Crippen molar-refractivity contribution < 1.29 is 0 Å². The van der Waals surface area contributed by atoms with Crippen LogP contribution in [0.15, 0.2) is 24.3 Å². The van der Waals surface area contributed by atoms with Crippen molar-refractivity contribution >= 4 is 8.07 Å². The van der Waals surface area contributed by atoms with Crippen molar-refractivity contribution in [2.24, 2.45) is 0 Å². The molecule has 1 rings (SSSR count). The lowest BCUT2D eigenvalue weighted by molar-refractivity contribution is 0.720. The SMILES string of the molecule is C/C=C/C[Si]1(C/C=C/C)CCCCCC1. The monoisotopic (exact) mass is 222 g/mol. The summed E-state index contributed by atoms with van der Waals surface area (Å²) in [4.78, 5) is 0. The van der Waals surface area contributed by atoms with Gasteiger partial charge in [0.15, 0.2) is 0 Å². The summed E-state index contributed by atoms with van der Waals surface area (Å²) in [7, 11) is -0.949. The summed E-state index contributed by atoms with van der Waals surface area (Å²) in [5.41, 5.74) is 0. The van der Waals surface area contributed by atoms with Crippen LogP contribution in [0, 0.1) is 0 Å². The molecule has 0 radical (unpaired) electrons. The zero-order valence-electron chi connectivity index (χ0n) is 10.5. The molecule has 1 aliphatic heterocycles. The third-order valence-corrected chi connectivity index (χ3v) is 8.77. The summed E-state index contributed by atoms with van der Waals surface area (Å²) in [6, 6.07) is 5.99. The average Bonchev–Trinajstić information content (AvgIpc) is 2.50. The lowest BCUT2D eigenvalue weighted by Crippen LogP contribution is -2.31. The molecule has 0 spiro atoms. The molecule has 0 aromatic heterocycles. The maximum Gasteiger partial charge on any atom is 0.0610 e. The van der Waals surface area contributed by atoms with Crippen LogP contribution in [0.2, 0.25) is 24.2 Å². The number of hydrogen-bond donors (Lipinski definition) is 0. The summed E-state index contributed by atoms with van der Waals surface area (Å²) < 4.78 is 0. The minimum atomic E-state index is -0.949. The van der Waals surface area contributed by atoms with Crippen molar-refractivity contribution in [1.29, 1.82) is 0 Å². The molecule has 1 heterocycles. The van der Waals surface area contributed by atoms with Crippen LogP contribution in [0.25, 0.3) is 0 Å². The third-order valence-electron chi connectivity index (χ3n) is 3.74. The minimum absolute atomic E-state index is 0.949. The maximum absolute atomic E-state index is 2.43. The second-order valence-corrected chi connectivity index (χ2v) is 9.78. The van der Waals surface area contributed by atoms with Gasteiger partial charge in [0.1, 0.15) is 0 Å². The van der Waals surface area contributed by atoms with Gasteiger partial charge >= 0.3 is 0 Å². The maximum atomic E-state index is 2.43. The highest BCUT2D eigenvalue weighted by Crippen LogP contribution is 2.34. The smallest absolute Gasteiger partial charge is 0.0610 e. The fourth-order valence-corrected chi connectivity index (χ4v) is 7.41. The molecular weight excluding hydrogens is 196 g/mol. The lowest BCUT2D eigenvalue weighted by Gasteiger charge is -2.28. The van der Waals surface area contributed by atoms with E-state index in [1.807, 2.05) is 0 Å². The first kappa shape index (κ1) is 12.8. The Bertz CT molecular complexity index is 191. The molecule has 1 aliphatic rings. The van der Waals surface area contributed by atoms with Gasteiger partial charge in [-0.1, -0.05) is 62.1 Å². The highest BCUT2D eigenvalue weighted by Gasteiger charge is 2.30. The Labute approximate surface area is 96.5 Å². The van der Waals surface area contributed by atoms with Crippen LogP contribution in [-0.2, 0) is 0 Å². The van der Waals surface area contributed by atoms with Crippen LogP contribution in [0.4, 0.5) is 0 Å². The van der Waals surface area contributed by atoms with E-state index in [0.29, 0.717) is 0 Å². The van der Waals surface area contributed by atoms with Crippen LogP contribution >= 0.6 is 0 Å². The average molecular weight is 222 g/mol. The highest BCUT2D eigenvalue weighted by atomic mass is 28.3. The normalized spacial score (nSPS) is 22.3. The Balaban J connectivity index is 2.63. The molecule has 86 valence electrons. The van der Waals surface area contributed by atoms with Crippen LogP contribution in [0.5, 0.6) is 0 Å². The Morgan fingerprint density at radius 3 is 1.67 bits per heavy atom. The van der Waals surface area contributed by atoms with Gasteiger partial charge < -0.3 is 0 Å². The van der Waals surface area contributed by atoms with E-state index in [1.165, 1.54) is 37.8 Å². The second kappa shape index (κ2) is 7.05. The van der Waals surface area contributed by atoms with Gasteiger partial charge in [-0.2, -0.15) is 0 Å². The van der Waals surface area contributed by atoms with E-state index < -0.39 is 8.07 Å².